The lowest BCUT2D eigenvalue weighted by Crippen LogP contribution is -2.13. The zero-order valence-electron chi connectivity index (χ0n) is 14.8. The van der Waals surface area contributed by atoms with Crippen molar-refractivity contribution in [1.29, 1.82) is 0 Å². The summed E-state index contributed by atoms with van der Waals surface area (Å²) in [4.78, 5) is 21.2. The van der Waals surface area contributed by atoms with Crippen molar-refractivity contribution in [3.63, 3.8) is 0 Å². The van der Waals surface area contributed by atoms with Gasteiger partial charge in [0.2, 0.25) is 0 Å². The number of anilines is 1. The van der Waals surface area contributed by atoms with Gasteiger partial charge in [-0.2, -0.15) is 0 Å². The monoisotopic (exact) mass is 363 g/mol. The van der Waals surface area contributed by atoms with E-state index in [1.165, 1.54) is 5.56 Å². The third-order valence-electron chi connectivity index (χ3n) is 3.95. The average molecular weight is 363 g/mol. The van der Waals surface area contributed by atoms with E-state index in [-0.39, 0.29) is 5.91 Å². The predicted molar refractivity (Wildman–Crippen MR) is 107 cm³/mol. The Morgan fingerprint density at radius 1 is 1.08 bits per heavy atom. The van der Waals surface area contributed by atoms with E-state index < -0.39 is 0 Å². The summed E-state index contributed by atoms with van der Waals surface area (Å²) in [5.41, 5.74) is 3.73. The molecule has 2 aromatic heterocycles. The molecular formula is C21H21N3OS. The van der Waals surface area contributed by atoms with Crippen LogP contribution in [0.3, 0.4) is 0 Å². The fourth-order valence-corrected chi connectivity index (χ4v) is 3.43. The molecule has 4 nitrogen and oxygen atoms in total. The Labute approximate surface area is 158 Å². The van der Waals surface area contributed by atoms with Gasteiger partial charge in [-0.1, -0.05) is 26.0 Å². The molecule has 1 aromatic carbocycles. The van der Waals surface area contributed by atoms with Gasteiger partial charge in [0.15, 0.2) is 0 Å². The zero-order valence-corrected chi connectivity index (χ0v) is 15.7. The van der Waals surface area contributed by atoms with E-state index in [2.05, 4.69) is 35.2 Å². The molecule has 132 valence electrons. The highest BCUT2D eigenvalue weighted by Crippen LogP contribution is 2.25. The largest absolute Gasteiger partial charge is 0.322 e. The Balaban J connectivity index is 1.74. The number of nitrogens with zero attached hydrogens (tertiary/aromatic N) is 2. The van der Waals surface area contributed by atoms with Crippen molar-refractivity contribution >= 4 is 23.4 Å². The number of thioether (sulfide) groups is 1. The predicted octanol–water partition coefficient (Wildman–Crippen LogP) is 5.14. The molecule has 0 saturated carbocycles. The summed E-state index contributed by atoms with van der Waals surface area (Å²) < 4.78 is 0. The normalized spacial score (nSPS) is 10.7. The summed E-state index contributed by atoms with van der Waals surface area (Å²) in [6, 6.07) is 15.5. The summed E-state index contributed by atoms with van der Waals surface area (Å²) in [7, 11) is 0. The van der Waals surface area contributed by atoms with Gasteiger partial charge < -0.3 is 5.32 Å². The highest BCUT2D eigenvalue weighted by atomic mass is 32.2. The summed E-state index contributed by atoms with van der Waals surface area (Å²) >= 11 is 1.55. The van der Waals surface area contributed by atoms with Gasteiger partial charge in [-0.25, -0.2) is 4.98 Å². The number of hydrogen-bond donors (Lipinski definition) is 1. The van der Waals surface area contributed by atoms with Crippen molar-refractivity contribution in [2.75, 3.05) is 5.32 Å². The van der Waals surface area contributed by atoms with Crippen LogP contribution in [0.1, 0.15) is 41.3 Å². The number of hydrogen-bond acceptors (Lipinski definition) is 4. The molecule has 0 bridgehead atoms. The first-order valence-corrected chi connectivity index (χ1v) is 9.50. The van der Waals surface area contributed by atoms with Crippen LogP contribution < -0.4 is 5.32 Å². The first-order valence-electron chi connectivity index (χ1n) is 8.51. The topological polar surface area (TPSA) is 54.9 Å². The van der Waals surface area contributed by atoms with Crippen LogP contribution in [-0.2, 0) is 5.75 Å². The molecule has 1 N–H and O–H groups in total. The molecule has 0 fully saturated rings. The number of pyridine rings is 2. The smallest absolute Gasteiger partial charge is 0.258 e. The van der Waals surface area contributed by atoms with E-state index in [9.17, 15) is 4.79 Å². The number of nitrogens with one attached hydrogen (secondary N) is 1. The molecule has 5 heteroatoms. The van der Waals surface area contributed by atoms with Crippen LogP contribution in [0.15, 0.2) is 72.1 Å². The molecule has 2 heterocycles. The summed E-state index contributed by atoms with van der Waals surface area (Å²) in [5, 5.41) is 3.71. The first kappa shape index (κ1) is 18.1. The van der Waals surface area contributed by atoms with Crippen molar-refractivity contribution < 1.29 is 4.79 Å². The molecule has 0 radical (unpaired) electrons. The minimum absolute atomic E-state index is 0.142. The van der Waals surface area contributed by atoms with E-state index in [0.29, 0.717) is 11.5 Å². The molecule has 0 spiro atoms. The fraction of sp³-hybridized carbons (Fsp3) is 0.190. The number of amides is 1. The van der Waals surface area contributed by atoms with Gasteiger partial charge in [0.25, 0.3) is 5.91 Å². The minimum atomic E-state index is -0.142. The molecule has 0 aliphatic rings. The maximum Gasteiger partial charge on any atom is 0.258 e. The Morgan fingerprint density at radius 2 is 1.88 bits per heavy atom. The molecule has 0 atom stereocenters. The van der Waals surface area contributed by atoms with Gasteiger partial charge in [-0.15, -0.1) is 11.8 Å². The van der Waals surface area contributed by atoms with Crippen LogP contribution in [-0.4, -0.2) is 15.9 Å². The fourth-order valence-electron chi connectivity index (χ4n) is 2.48. The Bertz CT molecular complexity index is 881. The van der Waals surface area contributed by atoms with Crippen LogP contribution in [0, 0.1) is 0 Å². The van der Waals surface area contributed by atoms with Crippen molar-refractivity contribution in [3.8, 4) is 0 Å². The Kier molecular flexibility index (Phi) is 6.02. The third kappa shape index (κ3) is 4.70. The number of carbonyl (C=O) groups is 1. The van der Waals surface area contributed by atoms with E-state index in [0.717, 1.165) is 22.0 Å². The quantitative estimate of drug-likeness (QED) is 0.616. The van der Waals surface area contributed by atoms with Crippen molar-refractivity contribution in [2.24, 2.45) is 0 Å². The van der Waals surface area contributed by atoms with Crippen LogP contribution in [0.5, 0.6) is 0 Å². The van der Waals surface area contributed by atoms with E-state index in [1.807, 2.05) is 36.4 Å². The molecule has 3 rings (SSSR count). The highest BCUT2D eigenvalue weighted by Gasteiger charge is 2.13. The zero-order chi connectivity index (χ0) is 18.4. The first-order chi connectivity index (χ1) is 12.6. The summed E-state index contributed by atoms with van der Waals surface area (Å²) in [5.74, 6) is 1.01. The summed E-state index contributed by atoms with van der Waals surface area (Å²) in [6.07, 6.45) is 5.25. The molecule has 0 aliphatic heterocycles. The van der Waals surface area contributed by atoms with Crippen molar-refractivity contribution in [1.82, 2.24) is 9.97 Å². The lowest BCUT2D eigenvalue weighted by atomic mass is 10.0. The molecule has 26 heavy (non-hydrogen) atoms. The van der Waals surface area contributed by atoms with Crippen molar-refractivity contribution in [3.05, 3.63) is 83.8 Å². The van der Waals surface area contributed by atoms with Crippen molar-refractivity contribution in [2.45, 2.75) is 30.5 Å². The number of carbonyl (C=O) groups excluding carboxylic acids is 1. The molecule has 0 saturated heterocycles. The number of benzene rings is 1. The van der Waals surface area contributed by atoms with Gasteiger partial charge in [0, 0.05) is 30.0 Å². The van der Waals surface area contributed by atoms with Gasteiger partial charge >= 0.3 is 0 Å². The van der Waals surface area contributed by atoms with Crippen LogP contribution in [0.2, 0.25) is 0 Å². The van der Waals surface area contributed by atoms with Gasteiger partial charge in [-0.3, -0.25) is 9.78 Å². The molecule has 1 amide bonds. The van der Waals surface area contributed by atoms with Crippen LogP contribution >= 0.6 is 11.8 Å². The Morgan fingerprint density at radius 3 is 2.65 bits per heavy atom. The molecule has 0 aliphatic carbocycles. The average Bonchev–Trinajstić information content (AvgIpc) is 2.67. The second kappa shape index (κ2) is 8.63. The lowest BCUT2D eigenvalue weighted by Gasteiger charge is -2.11. The lowest BCUT2D eigenvalue weighted by molar-refractivity contribution is 0.102. The second-order valence-corrected chi connectivity index (χ2v) is 7.20. The van der Waals surface area contributed by atoms with E-state index >= 15 is 0 Å². The third-order valence-corrected chi connectivity index (χ3v) is 5.03. The van der Waals surface area contributed by atoms with E-state index in [1.54, 1.807) is 36.4 Å². The molecule has 0 unspecified atom stereocenters. The number of aromatic nitrogens is 2. The Hall–Kier alpha value is -2.66. The summed E-state index contributed by atoms with van der Waals surface area (Å²) in [6.45, 7) is 4.27. The SMILES string of the molecule is CC(C)c1cccc(NC(=O)c2cccnc2SCc2ccncc2)c1. The molecular weight excluding hydrogens is 342 g/mol. The van der Waals surface area contributed by atoms with E-state index in [4.69, 9.17) is 0 Å². The maximum atomic E-state index is 12.8. The minimum Gasteiger partial charge on any atom is -0.322 e. The maximum absolute atomic E-state index is 12.8. The highest BCUT2D eigenvalue weighted by molar-refractivity contribution is 7.98. The van der Waals surface area contributed by atoms with Gasteiger partial charge in [-0.05, 0) is 53.4 Å². The number of rotatable bonds is 6. The van der Waals surface area contributed by atoms with Gasteiger partial charge in [0.1, 0.15) is 5.03 Å². The van der Waals surface area contributed by atoms with Crippen LogP contribution in [0.25, 0.3) is 0 Å². The standard InChI is InChI=1S/C21H21N3OS/c1-15(2)17-5-3-6-18(13-17)24-20(25)19-7-4-10-23-21(19)26-14-16-8-11-22-12-9-16/h3-13,15H,14H2,1-2H3,(H,24,25). The van der Waals surface area contributed by atoms with Crippen LogP contribution in [0.4, 0.5) is 5.69 Å². The molecule has 3 aromatic rings. The van der Waals surface area contributed by atoms with Gasteiger partial charge in [0.05, 0.1) is 5.56 Å². The second-order valence-electron chi connectivity index (χ2n) is 6.23.